The summed E-state index contributed by atoms with van der Waals surface area (Å²) < 4.78 is 1.14. The number of hydrogen-bond donors (Lipinski definition) is 1. The zero-order valence-corrected chi connectivity index (χ0v) is 5.03. The molecule has 4 nitrogen and oxygen atoms in total. The first kappa shape index (κ1) is 5.81. The van der Waals surface area contributed by atoms with Gasteiger partial charge in [0.25, 0.3) is 0 Å². The van der Waals surface area contributed by atoms with E-state index < -0.39 is 0 Å². The fourth-order valence-electron chi connectivity index (χ4n) is 0.577. The molecule has 0 aliphatic heterocycles. The zero-order valence-electron chi connectivity index (χ0n) is 5.03. The molecule has 1 aromatic heterocycles. The molecule has 48 valence electrons. The van der Waals surface area contributed by atoms with E-state index in [1.165, 1.54) is 13.1 Å². The van der Waals surface area contributed by atoms with Crippen molar-refractivity contribution in [3.05, 3.63) is 12.3 Å². The highest BCUT2D eigenvalue weighted by Gasteiger charge is 1.99. The molecule has 4 heteroatoms. The summed E-state index contributed by atoms with van der Waals surface area (Å²) in [5.41, 5.74) is 5.32. The lowest BCUT2D eigenvalue weighted by molar-refractivity contribution is 0.0924. The van der Waals surface area contributed by atoms with Gasteiger partial charge in [-0.2, -0.15) is 9.78 Å². The van der Waals surface area contributed by atoms with Crippen LogP contribution in [-0.2, 0) is 0 Å². The Balaban J connectivity index is 3.08. The monoisotopic (exact) mass is 125 g/mol. The number of nitrogens with zero attached hydrogens (tertiary/aromatic N) is 2. The van der Waals surface area contributed by atoms with Crippen LogP contribution in [0.3, 0.4) is 0 Å². The van der Waals surface area contributed by atoms with Gasteiger partial charge in [-0.15, -0.1) is 0 Å². The molecule has 1 heterocycles. The second kappa shape index (κ2) is 1.89. The Morgan fingerprint density at radius 3 is 2.78 bits per heavy atom. The normalized spacial score (nSPS) is 9.44. The molecule has 0 radical (unpaired) electrons. The average Bonchev–Trinajstić information content (AvgIpc) is 2.13. The largest absolute Gasteiger partial charge is 0.383 e. The van der Waals surface area contributed by atoms with Gasteiger partial charge in [-0.1, -0.05) is 0 Å². The van der Waals surface area contributed by atoms with Crippen LogP contribution in [0.1, 0.15) is 11.7 Å². The number of aromatic nitrogens is 2. The Hall–Kier alpha value is -1.32. The van der Waals surface area contributed by atoms with Crippen LogP contribution >= 0.6 is 0 Å². The molecule has 0 saturated heterocycles. The highest BCUT2D eigenvalue weighted by atomic mass is 16.2. The molecule has 0 atom stereocenters. The van der Waals surface area contributed by atoms with Crippen LogP contribution in [0.2, 0.25) is 0 Å². The topological polar surface area (TPSA) is 60.9 Å². The number of carbonyl (C=O) groups is 1. The van der Waals surface area contributed by atoms with Gasteiger partial charge in [0.2, 0.25) is 5.91 Å². The molecule has 0 unspecified atom stereocenters. The summed E-state index contributed by atoms with van der Waals surface area (Å²) in [6, 6.07) is 1.57. The predicted molar refractivity (Wildman–Crippen MR) is 32.9 cm³/mol. The lowest BCUT2D eigenvalue weighted by Gasteiger charge is -1.93. The van der Waals surface area contributed by atoms with Crippen LogP contribution in [0.15, 0.2) is 12.3 Å². The molecule has 0 spiro atoms. The van der Waals surface area contributed by atoms with Crippen molar-refractivity contribution in [2.24, 2.45) is 0 Å². The van der Waals surface area contributed by atoms with Crippen LogP contribution < -0.4 is 5.73 Å². The summed E-state index contributed by atoms with van der Waals surface area (Å²) >= 11 is 0. The van der Waals surface area contributed by atoms with E-state index >= 15 is 0 Å². The number of nitrogens with two attached hydrogens (primary N) is 1. The molecule has 1 aromatic rings. The lowest BCUT2D eigenvalue weighted by Crippen LogP contribution is -2.10. The fourth-order valence-corrected chi connectivity index (χ4v) is 0.577. The Kier molecular flexibility index (Phi) is 1.22. The van der Waals surface area contributed by atoms with E-state index in [9.17, 15) is 4.79 Å². The molecule has 0 fully saturated rings. The molecule has 0 amide bonds. The Morgan fingerprint density at radius 1 is 1.89 bits per heavy atom. The summed E-state index contributed by atoms with van der Waals surface area (Å²) in [5, 5.41) is 3.66. The van der Waals surface area contributed by atoms with Crippen molar-refractivity contribution in [3.63, 3.8) is 0 Å². The van der Waals surface area contributed by atoms with E-state index in [2.05, 4.69) is 5.10 Å². The number of nitrogen functional groups attached to an aromatic ring is 1. The third kappa shape index (κ3) is 0.910. The number of anilines is 1. The summed E-state index contributed by atoms with van der Waals surface area (Å²) in [5.74, 6) is 0.208. The number of rotatable bonds is 0. The zero-order chi connectivity index (χ0) is 6.85. The highest BCUT2D eigenvalue weighted by molar-refractivity contribution is 5.78. The molecule has 0 aliphatic carbocycles. The highest BCUT2D eigenvalue weighted by Crippen LogP contribution is 1.97. The van der Waals surface area contributed by atoms with Crippen molar-refractivity contribution in [1.29, 1.82) is 0 Å². The Morgan fingerprint density at radius 2 is 2.56 bits per heavy atom. The van der Waals surface area contributed by atoms with Gasteiger partial charge < -0.3 is 5.73 Å². The predicted octanol–water partition coefficient (Wildman–Crippen LogP) is 0.125. The van der Waals surface area contributed by atoms with Crippen LogP contribution in [-0.4, -0.2) is 15.7 Å². The molecule has 9 heavy (non-hydrogen) atoms. The van der Waals surface area contributed by atoms with Crippen molar-refractivity contribution in [2.45, 2.75) is 6.92 Å². The maximum atomic E-state index is 10.5. The molecular formula is C5H7N3O. The van der Waals surface area contributed by atoms with E-state index in [1.807, 2.05) is 0 Å². The van der Waals surface area contributed by atoms with E-state index in [0.29, 0.717) is 5.82 Å². The van der Waals surface area contributed by atoms with E-state index in [1.54, 1.807) is 6.07 Å². The van der Waals surface area contributed by atoms with Crippen LogP contribution in [0.4, 0.5) is 5.82 Å². The molecule has 0 bridgehead atoms. The first-order chi connectivity index (χ1) is 4.22. The lowest BCUT2D eigenvalue weighted by atomic mass is 10.6. The second-order valence-corrected chi connectivity index (χ2v) is 1.69. The number of carbonyl (C=O) groups excluding carboxylic acids is 1. The van der Waals surface area contributed by atoms with Gasteiger partial charge >= 0.3 is 0 Å². The van der Waals surface area contributed by atoms with E-state index in [4.69, 9.17) is 5.73 Å². The first-order valence-corrected chi connectivity index (χ1v) is 2.52. The number of hydrogen-bond acceptors (Lipinski definition) is 3. The maximum absolute atomic E-state index is 10.5. The molecule has 0 aliphatic rings. The van der Waals surface area contributed by atoms with Crippen molar-refractivity contribution in [2.75, 3.05) is 5.73 Å². The smallest absolute Gasteiger partial charge is 0.245 e. The van der Waals surface area contributed by atoms with E-state index in [-0.39, 0.29) is 5.91 Å². The van der Waals surface area contributed by atoms with Gasteiger partial charge in [-0.25, -0.2) is 0 Å². The molecular weight excluding hydrogens is 118 g/mol. The molecule has 1 rings (SSSR count). The minimum atomic E-state index is -0.169. The Labute approximate surface area is 52.3 Å². The minimum Gasteiger partial charge on any atom is -0.383 e. The van der Waals surface area contributed by atoms with Gasteiger partial charge in [0.1, 0.15) is 5.82 Å². The fraction of sp³-hybridized carbons (Fsp3) is 0.200. The van der Waals surface area contributed by atoms with E-state index in [0.717, 1.165) is 4.68 Å². The minimum absolute atomic E-state index is 0.169. The van der Waals surface area contributed by atoms with Gasteiger partial charge in [0, 0.05) is 13.0 Å². The van der Waals surface area contributed by atoms with Crippen LogP contribution in [0.25, 0.3) is 0 Å². The molecule has 0 aromatic carbocycles. The van der Waals surface area contributed by atoms with Crippen molar-refractivity contribution < 1.29 is 4.79 Å². The van der Waals surface area contributed by atoms with Crippen molar-refractivity contribution in [1.82, 2.24) is 9.78 Å². The standard InChI is InChI=1S/C5H7N3O/c1-4(9)8-5(6)2-3-7-8/h2-3H,6H2,1H3. The summed E-state index contributed by atoms with van der Waals surface area (Å²) in [4.78, 5) is 10.5. The Bertz CT molecular complexity index is 228. The van der Waals surface area contributed by atoms with Crippen LogP contribution in [0, 0.1) is 0 Å². The van der Waals surface area contributed by atoms with Crippen molar-refractivity contribution >= 4 is 11.7 Å². The van der Waals surface area contributed by atoms with Gasteiger partial charge in [0.05, 0.1) is 6.20 Å². The summed E-state index contributed by atoms with van der Waals surface area (Å²) in [6.45, 7) is 1.41. The quantitative estimate of drug-likeness (QED) is 0.536. The summed E-state index contributed by atoms with van der Waals surface area (Å²) in [7, 11) is 0. The van der Waals surface area contributed by atoms with Crippen LogP contribution in [0.5, 0.6) is 0 Å². The van der Waals surface area contributed by atoms with Gasteiger partial charge in [0.15, 0.2) is 0 Å². The van der Waals surface area contributed by atoms with Gasteiger partial charge in [-0.05, 0) is 0 Å². The second-order valence-electron chi connectivity index (χ2n) is 1.69. The summed E-state index contributed by atoms with van der Waals surface area (Å²) in [6.07, 6.45) is 1.48. The SMILES string of the molecule is CC(=O)n1nccc1N. The maximum Gasteiger partial charge on any atom is 0.245 e. The first-order valence-electron chi connectivity index (χ1n) is 2.52. The third-order valence-corrected chi connectivity index (χ3v) is 0.970. The third-order valence-electron chi connectivity index (χ3n) is 0.970. The van der Waals surface area contributed by atoms with Crippen molar-refractivity contribution in [3.8, 4) is 0 Å². The average molecular weight is 125 g/mol. The molecule has 0 saturated carbocycles. The molecule has 2 N–H and O–H groups in total. The van der Waals surface area contributed by atoms with Gasteiger partial charge in [-0.3, -0.25) is 4.79 Å².